The number of methoxy groups -OCH3 is 2. The molecule has 0 amide bonds. The molecule has 0 spiro atoms. The lowest BCUT2D eigenvalue weighted by molar-refractivity contribution is -0.150. The maximum absolute atomic E-state index is 13.4. The lowest BCUT2D eigenvalue weighted by atomic mass is 10.0. The molecule has 1 atom stereocenters. The van der Waals surface area contributed by atoms with Crippen LogP contribution in [0.5, 0.6) is 17.2 Å². The summed E-state index contributed by atoms with van der Waals surface area (Å²) in [4.78, 5) is 25.5. The summed E-state index contributed by atoms with van der Waals surface area (Å²) in [5, 5.41) is 0.374. The van der Waals surface area contributed by atoms with Crippen molar-refractivity contribution in [2.24, 2.45) is 0 Å². The Morgan fingerprint density at radius 1 is 1.03 bits per heavy atom. The molecular weight excluding hydrogens is 400 g/mol. The molecule has 0 bridgehead atoms. The van der Waals surface area contributed by atoms with Gasteiger partial charge < -0.3 is 23.4 Å². The van der Waals surface area contributed by atoms with Crippen molar-refractivity contribution in [3.05, 3.63) is 51.7 Å². The molecule has 0 aliphatic carbocycles. The van der Waals surface area contributed by atoms with E-state index in [0.29, 0.717) is 28.0 Å². The molecule has 1 unspecified atom stereocenters. The highest BCUT2D eigenvalue weighted by Gasteiger charge is 2.24. The molecule has 2 aromatic carbocycles. The average molecular weight is 426 g/mol. The van der Waals surface area contributed by atoms with Crippen LogP contribution in [0.25, 0.3) is 22.3 Å². The fourth-order valence-electron chi connectivity index (χ4n) is 3.19. The maximum atomic E-state index is 13.4. The van der Waals surface area contributed by atoms with E-state index in [9.17, 15) is 9.59 Å². The normalized spacial score (nSPS) is 11.8. The quantitative estimate of drug-likeness (QED) is 0.517. The van der Waals surface area contributed by atoms with Crippen molar-refractivity contribution in [1.82, 2.24) is 0 Å². The van der Waals surface area contributed by atoms with E-state index >= 15 is 0 Å². The van der Waals surface area contributed by atoms with Gasteiger partial charge >= 0.3 is 5.97 Å². The third-order valence-corrected chi connectivity index (χ3v) is 5.02. The highest BCUT2D eigenvalue weighted by molar-refractivity contribution is 5.84. The number of carbonyl (C=O) groups excluding carboxylic acids is 1. The van der Waals surface area contributed by atoms with E-state index in [1.807, 2.05) is 19.9 Å². The van der Waals surface area contributed by atoms with Crippen molar-refractivity contribution in [1.29, 1.82) is 0 Å². The summed E-state index contributed by atoms with van der Waals surface area (Å²) in [6, 6.07) is 8.70. The van der Waals surface area contributed by atoms with Gasteiger partial charge in [-0.3, -0.25) is 4.79 Å². The van der Waals surface area contributed by atoms with E-state index in [2.05, 4.69) is 0 Å². The Morgan fingerprint density at radius 2 is 1.71 bits per heavy atom. The Morgan fingerprint density at radius 3 is 2.35 bits per heavy atom. The number of ether oxygens (including phenoxy) is 4. The molecule has 0 saturated heterocycles. The number of rotatable bonds is 7. The van der Waals surface area contributed by atoms with Gasteiger partial charge in [-0.15, -0.1) is 0 Å². The highest BCUT2D eigenvalue weighted by Crippen LogP contribution is 2.37. The first-order chi connectivity index (χ1) is 14.8. The number of esters is 1. The molecule has 0 radical (unpaired) electrons. The predicted octanol–water partition coefficient (Wildman–Crippen LogP) is 4.42. The van der Waals surface area contributed by atoms with Crippen LogP contribution in [0.4, 0.5) is 0 Å². The second-order valence-electron chi connectivity index (χ2n) is 7.10. The van der Waals surface area contributed by atoms with Gasteiger partial charge in [0.15, 0.2) is 23.4 Å². The van der Waals surface area contributed by atoms with Crippen molar-refractivity contribution < 1.29 is 28.2 Å². The molecule has 1 heterocycles. The Balaban J connectivity index is 2.26. The fraction of sp³-hybridized carbons (Fsp3) is 0.333. The summed E-state index contributed by atoms with van der Waals surface area (Å²) >= 11 is 0. The molecule has 164 valence electrons. The molecule has 1 aromatic heterocycles. The predicted molar refractivity (Wildman–Crippen MR) is 117 cm³/mol. The van der Waals surface area contributed by atoms with E-state index in [0.717, 1.165) is 11.1 Å². The van der Waals surface area contributed by atoms with Crippen molar-refractivity contribution in [3.63, 3.8) is 0 Å². The monoisotopic (exact) mass is 426 g/mol. The van der Waals surface area contributed by atoms with Crippen molar-refractivity contribution >= 4 is 16.9 Å². The highest BCUT2D eigenvalue weighted by atomic mass is 16.6. The van der Waals surface area contributed by atoms with E-state index in [1.54, 1.807) is 31.2 Å². The van der Waals surface area contributed by atoms with E-state index in [-0.39, 0.29) is 23.5 Å². The first kappa shape index (κ1) is 22.2. The van der Waals surface area contributed by atoms with Crippen LogP contribution in [0.1, 0.15) is 25.0 Å². The SMILES string of the molecule is CCOC(=O)C(C)Oc1c(-c2ccc(OC)c(OC)c2)oc2cc(C)c(C)cc2c1=O. The van der Waals surface area contributed by atoms with E-state index in [4.69, 9.17) is 23.4 Å². The second kappa shape index (κ2) is 9.12. The van der Waals surface area contributed by atoms with Crippen LogP contribution in [0.2, 0.25) is 0 Å². The number of hydrogen-bond donors (Lipinski definition) is 0. The molecule has 3 rings (SSSR count). The van der Waals surface area contributed by atoms with Crippen molar-refractivity contribution in [2.75, 3.05) is 20.8 Å². The van der Waals surface area contributed by atoms with Crippen LogP contribution in [0.15, 0.2) is 39.5 Å². The summed E-state index contributed by atoms with van der Waals surface area (Å²) in [6.45, 7) is 7.30. The third-order valence-electron chi connectivity index (χ3n) is 5.02. The molecule has 0 fully saturated rings. The van der Waals surface area contributed by atoms with Crippen LogP contribution in [-0.2, 0) is 9.53 Å². The Labute approximate surface area is 180 Å². The summed E-state index contributed by atoms with van der Waals surface area (Å²) in [6.07, 6.45) is -0.995. The molecular formula is C24H26O7. The largest absolute Gasteiger partial charge is 0.493 e. The Kier molecular flexibility index (Phi) is 6.53. The van der Waals surface area contributed by atoms with Gasteiger partial charge in [0.2, 0.25) is 11.2 Å². The zero-order chi connectivity index (χ0) is 22.7. The molecule has 0 aliphatic rings. The van der Waals surface area contributed by atoms with Gasteiger partial charge in [0.05, 0.1) is 26.2 Å². The van der Waals surface area contributed by atoms with Gasteiger partial charge in [0.25, 0.3) is 0 Å². The first-order valence-corrected chi connectivity index (χ1v) is 9.94. The maximum Gasteiger partial charge on any atom is 0.347 e. The van der Waals surface area contributed by atoms with Gasteiger partial charge in [-0.25, -0.2) is 4.79 Å². The van der Waals surface area contributed by atoms with Gasteiger partial charge in [-0.1, -0.05) is 0 Å². The second-order valence-corrected chi connectivity index (χ2v) is 7.10. The number of fused-ring (bicyclic) bond motifs is 1. The minimum Gasteiger partial charge on any atom is -0.493 e. The molecule has 31 heavy (non-hydrogen) atoms. The minimum atomic E-state index is -0.995. The number of aryl methyl sites for hydroxylation is 2. The molecule has 3 aromatic rings. The van der Waals surface area contributed by atoms with Gasteiger partial charge in [-0.05, 0) is 69.2 Å². The summed E-state index contributed by atoms with van der Waals surface area (Å²) in [5.74, 6) is 0.553. The summed E-state index contributed by atoms with van der Waals surface area (Å²) in [5.41, 5.74) is 2.53. The summed E-state index contributed by atoms with van der Waals surface area (Å²) in [7, 11) is 3.05. The van der Waals surface area contributed by atoms with Gasteiger partial charge in [0, 0.05) is 5.56 Å². The lowest BCUT2D eigenvalue weighted by Gasteiger charge is -2.17. The van der Waals surface area contributed by atoms with E-state index < -0.39 is 12.1 Å². The standard InChI is InChI=1S/C24H26O7/c1-7-29-24(26)15(4)30-23-21(25)17-10-13(2)14(3)11-19(17)31-22(23)16-8-9-18(27-5)20(12-16)28-6/h8-12,15H,7H2,1-6H3. The number of benzene rings is 2. The van der Waals surface area contributed by atoms with E-state index in [1.165, 1.54) is 21.1 Å². The topological polar surface area (TPSA) is 84.2 Å². The summed E-state index contributed by atoms with van der Waals surface area (Å²) < 4.78 is 27.6. The van der Waals surface area contributed by atoms with Crippen LogP contribution in [-0.4, -0.2) is 32.9 Å². The molecule has 7 nitrogen and oxygen atoms in total. The molecule has 7 heteroatoms. The van der Waals surface area contributed by atoms with Crippen LogP contribution < -0.4 is 19.6 Å². The Hall–Kier alpha value is -3.48. The first-order valence-electron chi connectivity index (χ1n) is 9.94. The smallest absolute Gasteiger partial charge is 0.347 e. The molecule has 0 aliphatic heterocycles. The van der Waals surface area contributed by atoms with Crippen LogP contribution >= 0.6 is 0 Å². The van der Waals surface area contributed by atoms with Crippen molar-refractivity contribution in [2.45, 2.75) is 33.8 Å². The zero-order valence-corrected chi connectivity index (χ0v) is 18.5. The lowest BCUT2D eigenvalue weighted by Crippen LogP contribution is -2.28. The molecule has 0 N–H and O–H groups in total. The molecule has 0 saturated carbocycles. The van der Waals surface area contributed by atoms with Crippen LogP contribution in [0.3, 0.4) is 0 Å². The number of hydrogen-bond acceptors (Lipinski definition) is 7. The number of carbonyl (C=O) groups is 1. The third kappa shape index (κ3) is 4.35. The van der Waals surface area contributed by atoms with Gasteiger partial charge in [0.1, 0.15) is 5.58 Å². The van der Waals surface area contributed by atoms with Gasteiger partial charge in [-0.2, -0.15) is 0 Å². The van der Waals surface area contributed by atoms with Crippen LogP contribution in [0, 0.1) is 13.8 Å². The average Bonchev–Trinajstić information content (AvgIpc) is 2.76. The zero-order valence-electron chi connectivity index (χ0n) is 18.5. The Bertz CT molecular complexity index is 1180. The minimum absolute atomic E-state index is 0.0662. The van der Waals surface area contributed by atoms with Crippen molar-refractivity contribution in [3.8, 4) is 28.6 Å². The fourth-order valence-corrected chi connectivity index (χ4v) is 3.19.